The van der Waals surface area contributed by atoms with Crippen LogP contribution in [0.5, 0.6) is 0 Å². The van der Waals surface area contributed by atoms with Gasteiger partial charge in [0.15, 0.2) is 0 Å². The summed E-state index contributed by atoms with van der Waals surface area (Å²) in [5.41, 5.74) is 5.14. The molecule has 0 bridgehead atoms. The minimum absolute atomic E-state index is 0.275. The number of rotatable bonds is 0. The van der Waals surface area contributed by atoms with Gasteiger partial charge >= 0.3 is 0 Å². The zero-order valence-corrected chi connectivity index (χ0v) is 12.3. The third-order valence-electron chi connectivity index (χ3n) is 3.30. The first-order valence-corrected chi connectivity index (χ1v) is 8.71. The molecule has 0 amide bonds. The van der Waals surface area contributed by atoms with E-state index in [1.807, 2.05) is 6.07 Å². The normalized spacial score (nSPS) is 11.3. The van der Waals surface area contributed by atoms with Gasteiger partial charge in [0.25, 0.3) is 0 Å². The Balaban J connectivity index is 3.04. The summed E-state index contributed by atoms with van der Waals surface area (Å²) in [6, 6.07) is 1.91. The van der Waals surface area contributed by atoms with E-state index in [2.05, 4.69) is 56.2 Å². The fourth-order valence-corrected chi connectivity index (χ4v) is 1.83. The van der Waals surface area contributed by atoms with E-state index in [0.717, 1.165) is 11.1 Å². The van der Waals surface area contributed by atoms with Crippen LogP contribution in [-0.2, 0) is 0 Å². The van der Waals surface area contributed by atoms with Gasteiger partial charge in [-0.2, -0.15) is 0 Å². The molecule has 0 saturated carbocycles. The van der Waals surface area contributed by atoms with Crippen molar-refractivity contribution in [1.29, 1.82) is 0 Å². The number of terminal acetylenes is 1. The molecule has 1 aromatic heterocycles. The van der Waals surface area contributed by atoms with Crippen LogP contribution in [0.1, 0.15) is 31.9 Å². The fraction of sp³-hybridized carbons (Fsp3) is 0.400. The zero-order chi connectivity index (χ0) is 13.1. The first kappa shape index (κ1) is 13.6. The Hall–Kier alpha value is -1.51. The van der Waals surface area contributed by atoms with Gasteiger partial charge < -0.3 is 0 Å². The van der Waals surface area contributed by atoms with Crippen LogP contribution in [0.15, 0.2) is 18.5 Å². The van der Waals surface area contributed by atoms with Crippen LogP contribution in [-0.4, -0.2) is 13.1 Å². The molecule has 0 aliphatic rings. The third-order valence-corrected chi connectivity index (χ3v) is 7.80. The molecule has 0 spiro atoms. The van der Waals surface area contributed by atoms with Crippen molar-refractivity contribution in [1.82, 2.24) is 4.98 Å². The summed E-state index contributed by atoms with van der Waals surface area (Å²) in [5.74, 6) is 5.80. The average Bonchev–Trinajstić information content (AvgIpc) is 2.25. The monoisotopic (exact) mass is 241 g/mol. The molecular weight excluding hydrogens is 222 g/mol. The van der Waals surface area contributed by atoms with Gasteiger partial charge in [-0.1, -0.05) is 45.7 Å². The quantitative estimate of drug-likeness (QED) is 0.501. The predicted octanol–water partition coefficient (Wildman–Crippen LogP) is 3.46. The van der Waals surface area contributed by atoms with Crippen molar-refractivity contribution in [3.05, 3.63) is 29.6 Å². The van der Waals surface area contributed by atoms with Crippen LogP contribution in [0.25, 0.3) is 0 Å². The minimum atomic E-state index is -1.56. The Labute approximate surface area is 106 Å². The molecule has 0 atom stereocenters. The van der Waals surface area contributed by atoms with E-state index in [9.17, 15) is 0 Å². The molecule has 0 aliphatic heterocycles. The maximum atomic E-state index is 5.34. The second-order valence-corrected chi connectivity index (χ2v) is 10.7. The molecule has 0 aromatic carbocycles. The zero-order valence-electron chi connectivity index (χ0n) is 11.3. The van der Waals surface area contributed by atoms with Crippen LogP contribution < -0.4 is 0 Å². The number of nitrogens with zero attached hydrogens (tertiary/aromatic N) is 1. The molecule has 1 rings (SSSR count). The standard InChI is InChI=1S/C15H19NSi/c1-7-13-10-14(12-16-11-13)8-9-17(5,6)15(2,3)4/h1,10-12H,2-6H3. The lowest BCUT2D eigenvalue weighted by Crippen LogP contribution is -2.35. The van der Waals surface area contributed by atoms with Crippen molar-refractivity contribution in [2.45, 2.75) is 38.9 Å². The SMILES string of the molecule is C#Cc1cncc(C#C[Si](C)(C)C(C)(C)C)c1. The first-order valence-electron chi connectivity index (χ1n) is 5.71. The molecule has 1 aromatic rings. The second kappa shape index (κ2) is 4.78. The molecule has 0 radical (unpaired) electrons. The summed E-state index contributed by atoms with van der Waals surface area (Å²) in [6.07, 6.45) is 8.78. The molecule has 88 valence electrons. The lowest BCUT2D eigenvalue weighted by atomic mass is 10.2. The van der Waals surface area contributed by atoms with Crippen LogP contribution in [0, 0.1) is 23.8 Å². The van der Waals surface area contributed by atoms with E-state index < -0.39 is 8.07 Å². The third kappa shape index (κ3) is 3.48. The summed E-state index contributed by atoms with van der Waals surface area (Å²) >= 11 is 0. The van der Waals surface area contributed by atoms with Crippen molar-refractivity contribution < 1.29 is 0 Å². The molecule has 2 heteroatoms. The number of aromatic nitrogens is 1. The summed E-state index contributed by atoms with van der Waals surface area (Å²) < 4.78 is 0. The van der Waals surface area contributed by atoms with Gasteiger partial charge in [-0.25, -0.2) is 0 Å². The van der Waals surface area contributed by atoms with Gasteiger partial charge in [0.2, 0.25) is 0 Å². The number of hydrogen-bond donors (Lipinski definition) is 0. The lowest BCUT2D eigenvalue weighted by molar-refractivity contribution is 0.731. The highest BCUT2D eigenvalue weighted by atomic mass is 28.3. The molecule has 0 fully saturated rings. The Kier molecular flexibility index (Phi) is 3.81. The van der Waals surface area contributed by atoms with E-state index >= 15 is 0 Å². The Morgan fingerprint density at radius 3 is 2.29 bits per heavy atom. The topological polar surface area (TPSA) is 12.9 Å². The molecule has 0 N–H and O–H groups in total. The maximum absolute atomic E-state index is 5.34. The smallest absolute Gasteiger partial charge is 0.138 e. The summed E-state index contributed by atoms with van der Waals surface area (Å²) in [4.78, 5) is 4.09. The second-order valence-electron chi connectivity index (χ2n) is 5.73. The van der Waals surface area contributed by atoms with Gasteiger partial charge in [0.05, 0.1) is 0 Å². The molecule has 0 saturated heterocycles. The summed E-state index contributed by atoms with van der Waals surface area (Å²) in [6.45, 7) is 11.3. The summed E-state index contributed by atoms with van der Waals surface area (Å²) in [7, 11) is -1.56. The fourth-order valence-electron chi connectivity index (χ4n) is 1.00. The highest BCUT2D eigenvalue weighted by Gasteiger charge is 2.33. The van der Waals surface area contributed by atoms with Crippen molar-refractivity contribution in [2.75, 3.05) is 0 Å². The van der Waals surface area contributed by atoms with E-state index in [0.29, 0.717) is 0 Å². The van der Waals surface area contributed by atoms with Gasteiger partial charge in [-0.3, -0.25) is 4.98 Å². The van der Waals surface area contributed by atoms with Crippen LogP contribution >= 0.6 is 0 Å². The number of hydrogen-bond acceptors (Lipinski definition) is 1. The molecular formula is C15H19NSi. The summed E-state index contributed by atoms with van der Waals surface area (Å²) in [5, 5.41) is 0.275. The lowest BCUT2D eigenvalue weighted by Gasteiger charge is -2.31. The van der Waals surface area contributed by atoms with Crippen LogP contribution in [0.4, 0.5) is 0 Å². The van der Waals surface area contributed by atoms with Gasteiger partial charge in [-0.15, -0.1) is 12.0 Å². The van der Waals surface area contributed by atoms with E-state index in [4.69, 9.17) is 6.42 Å². The highest BCUT2D eigenvalue weighted by Crippen LogP contribution is 2.35. The van der Waals surface area contributed by atoms with Gasteiger partial charge in [-0.05, 0) is 11.1 Å². The largest absolute Gasteiger partial charge is 0.262 e. The average molecular weight is 241 g/mol. The number of pyridine rings is 1. The van der Waals surface area contributed by atoms with E-state index in [-0.39, 0.29) is 5.04 Å². The van der Waals surface area contributed by atoms with Gasteiger partial charge in [0, 0.05) is 23.5 Å². The Bertz CT molecular complexity index is 504. The molecule has 1 heterocycles. The van der Waals surface area contributed by atoms with Crippen molar-refractivity contribution in [3.8, 4) is 23.8 Å². The van der Waals surface area contributed by atoms with Crippen molar-refractivity contribution in [3.63, 3.8) is 0 Å². The van der Waals surface area contributed by atoms with Crippen molar-refractivity contribution >= 4 is 8.07 Å². The van der Waals surface area contributed by atoms with Crippen LogP contribution in [0.2, 0.25) is 18.1 Å². The van der Waals surface area contributed by atoms with E-state index in [1.165, 1.54) is 0 Å². The highest BCUT2D eigenvalue weighted by molar-refractivity contribution is 6.87. The van der Waals surface area contributed by atoms with Crippen molar-refractivity contribution in [2.24, 2.45) is 0 Å². The minimum Gasteiger partial charge on any atom is -0.262 e. The molecule has 0 aliphatic carbocycles. The molecule has 17 heavy (non-hydrogen) atoms. The predicted molar refractivity (Wildman–Crippen MR) is 76.2 cm³/mol. The molecule has 0 unspecified atom stereocenters. The molecule has 1 nitrogen and oxygen atoms in total. The Morgan fingerprint density at radius 2 is 1.76 bits per heavy atom. The van der Waals surface area contributed by atoms with Gasteiger partial charge in [0.1, 0.15) is 8.07 Å². The Morgan fingerprint density at radius 1 is 1.18 bits per heavy atom. The maximum Gasteiger partial charge on any atom is 0.138 e. The van der Waals surface area contributed by atoms with E-state index in [1.54, 1.807) is 12.4 Å². The first-order chi connectivity index (χ1) is 7.76. The van der Waals surface area contributed by atoms with Crippen LogP contribution in [0.3, 0.4) is 0 Å².